The number of hydrogen-bond acceptors (Lipinski definition) is 5. The average Bonchev–Trinajstić information content (AvgIpc) is 2.36. The van der Waals surface area contributed by atoms with Gasteiger partial charge < -0.3 is 15.6 Å². The van der Waals surface area contributed by atoms with Crippen molar-refractivity contribution < 1.29 is 18.3 Å². The van der Waals surface area contributed by atoms with Gasteiger partial charge in [-0.2, -0.15) is 0 Å². The van der Waals surface area contributed by atoms with Crippen LogP contribution in [0.15, 0.2) is 23.1 Å². The Kier molecular flexibility index (Phi) is 4.22. The van der Waals surface area contributed by atoms with Gasteiger partial charge in [0.2, 0.25) is 10.0 Å². The Morgan fingerprint density at radius 3 is 2.65 bits per heavy atom. The molecule has 3 N–H and O–H groups in total. The molecule has 1 saturated carbocycles. The molecule has 0 aromatic heterocycles. The third-order valence-electron chi connectivity index (χ3n) is 3.60. The minimum Gasteiger partial charge on any atom is -0.495 e. The first-order valence-electron chi connectivity index (χ1n) is 6.42. The van der Waals surface area contributed by atoms with Crippen LogP contribution in [-0.4, -0.2) is 44.6 Å². The van der Waals surface area contributed by atoms with Gasteiger partial charge in [0.15, 0.2) is 0 Å². The molecule has 0 aliphatic heterocycles. The zero-order valence-corrected chi connectivity index (χ0v) is 12.4. The highest BCUT2D eigenvalue weighted by molar-refractivity contribution is 7.89. The van der Waals surface area contributed by atoms with Crippen molar-refractivity contribution in [2.24, 2.45) is 5.92 Å². The molecule has 1 aliphatic rings. The Morgan fingerprint density at radius 2 is 2.10 bits per heavy atom. The van der Waals surface area contributed by atoms with Crippen LogP contribution in [-0.2, 0) is 10.0 Å². The number of nitrogens with two attached hydrogens (primary N) is 1. The van der Waals surface area contributed by atoms with Gasteiger partial charge in [-0.15, -0.1) is 0 Å². The van der Waals surface area contributed by atoms with Crippen molar-refractivity contribution >= 4 is 15.7 Å². The summed E-state index contributed by atoms with van der Waals surface area (Å²) in [6.45, 7) is 0.396. The van der Waals surface area contributed by atoms with Crippen LogP contribution < -0.4 is 10.5 Å². The molecule has 1 aromatic rings. The number of methoxy groups -OCH3 is 1. The maximum atomic E-state index is 12.5. The van der Waals surface area contributed by atoms with Crippen molar-refractivity contribution in [1.82, 2.24) is 4.31 Å². The first-order chi connectivity index (χ1) is 9.34. The predicted octanol–water partition coefficient (Wildman–Crippen LogP) is 0.669. The number of aliphatic hydroxyl groups excluding tert-OH is 1. The lowest BCUT2D eigenvalue weighted by molar-refractivity contribution is 0.0367. The molecule has 0 atom stereocenters. The minimum atomic E-state index is -3.62. The number of nitrogens with zero attached hydrogens (tertiary/aromatic N) is 1. The van der Waals surface area contributed by atoms with E-state index in [2.05, 4.69) is 0 Å². The van der Waals surface area contributed by atoms with Crippen molar-refractivity contribution in [2.75, 3.05) is 26.4 Å². The molecule has 2 rings (SSSR count). The summed E-state index contributed by atoms with van der Waals surface area (Å²) in [4.78, 5) is 0.108. The van der Waals surface area contributed by atoms with Gasteiger partial charge in [-0.1, -0.05) is 0 Å². The number of ether oxygens (including phenoxy) is 1. The Bertz CT molecular complexity index is 582. The molecule has 0 amide bonds. The van der Waals surface area contributed by atoms with Crippen LogP contribution in [0.4, 0.5) is 5.69 Å². The molecular weight excluding hydrogens is 280 g/mol. The van der Waals surface area contributed by atoms with Crippen LogP contribution in [0.2, 0.25) is 0 Å². The molecule has 112 valence electrons. The van der Waals surface area contributed by atoms with Crippen LogP contribution in [0, 0.1) is 5.92 Å². The third kappa shape index (κ3) is 2.89. The van der Waals surface area contributed by atoms with Gasteiger partial charge in [-0.25, -0.2) is 12.7 Å². The first kappa shape index (κ1) is 15.1. The van der Waals surface area contributed by atoms with E-state index >= 15 is 0 Å². The summed E-state index contributed by atoms with van der Waals surface area (Å²) in [6, 6.07) is 4.49. The number of rotatable bonds is 5. The Hall–Kier alpha value is -1.31. The van der Waals surface area contributed by atoms with E-state index in [1.807, 2.05) is 0 Å². The van der Waals surface area contributed by atoms with E-state index in [9.17, 15) is 13.5 Å². The molecule has 0 saturated heterocycles. The minimum absolute atomic E-state index is 0.108. The second-order valence-corrected chi connectivity index (χ2v) is 7.20. The molecule has 0 heterocycles. The average molecular weight is 300 g/mol. The second-order valence-electron chi connectivity index (χ2n) is 5.19. The lowest BCUT2D eigenvalue weighted by Gasteiger charge is -2.34. The Labute approximate surface area is 119 Å². The molecule has 1 aromatic carbocycles. The maximum absolute atomic E-state index is 12.5. The van der Waals surface area contributed by atoms with E-state index in [0.29, 0.717) is 25.1 Å². The monoisotopic (exact) mass is 300 g/mol. The van der Waals surface area contributed by atoms with Gasteiger partial charge >= 0.3 is 0 Å². The molecule has 1 aliphatic carbocycles. The molecule has 6 nitrogen and oxygen atoms in total. The SMILES string of the molecule is COc1cc(N)ccc1S(=O)(=O)N(C)CC1CC(O)C1. The quantitative estimate of drug-likeness (QED) is 0.780. The number of hydrogen-bond donors (Lipinski definition) is 2. The van der Waals surface area contributed by atoms with Gasteiger partial charge in [0, 0.05) is 25.3 Å². The predicted molar refractivity (Wildman–Crippen MR) is 76.0 cm³/mol. The van der Waals surface area contributed by atoms with Crippen molar-refractivity contribution in [3.63, 3.8) is 0 Å². The smallest absolute Gasteiger partial charge is 0.246 e. The fourth-order valence-electron chi connectivity index (χ4n) is 2.38. The molecule has 0 bridgehead atoms. The topological polar surface area (TPSA) is 92.9 Å². The molecule has 0 radical (unpaired) electrons. The largest absolute Gasteiger partial charge is 0.495 e. The van der Waals surface area contributed by atoms with Gasteiger partial charge in [0.25, 0.3) is 0 Å². The van der Waals surface area contributed by atoms with E-state index < -0.39 is 10.0 Å². The number of nitrogen functional groups attached to an aromatic ring is 1. The number of aliphatic hydroxyl groups is 1. The standard InChI is InChI=1S/C13H20N2O4S/c1-15(8-9-5-11(16)6-9)20(17,18)13-4-3-10(14)7-12(13)19-2/h3-4,7,9,11,16H,5-6,8,14H2,1-2H3. The Balaban J connectivity index is 2.21. The fourth-order valence-corrected chi connectivity index (χ4v) is 3.76. The summed E-state index contributed by atoms with van der Waals surface area (Å²) >= 11 is 0. The lowest BCUT2D eigenvalue weighted by Crippen LogP contribution is -2.39. The molecule has 1 fully saturated rings. The lowest BCUT2D eigenvalue weighted by atomic mass is 9.82. The molecular formula is C13H20N2O4S. The van der Waals surface area contributed by atoms with E-state index in [0.717, 1.165) is 0 Å². The highest BCUT2D eigenvalue weighted by atomic mass is 32.2. The second kappa shape index (κ2) is 5.59. The summed E-state index contributed by atoms with van der Waals surface area (Å²) in [5.41, 5.74) is 6.08. The summed E-state index contributed by atoms with van der Waals surface area (Å²) in [5, 5.41) is 9.26. The van der Waals surface area contributed by atoms with Crippen molar-refractivity contribution in [3.05, 3.63) is 18.2 Å². The van der Waals surface area contributed by atoms with Crippen molar-refractivity contribution in [2.45, 2.75) is 23.8 Å². The van der Waals surface area contributed by atoms with Gasteiger partial charge in [0.1, 0.15) is 10.6 Å². The van der Waals surface area contributed by atoms with E-state index in [4.69, 9.17) is 10.5 Å². The molecule has 0 spiro atoms. The van der Waals surface area contributed by atoms with Crippen LogP contribution >= 0.6 is 0 Å². The molecule has 0 unspecified atom stereocenters. The maximum Gasteiger partial charge on any atom is 0.246 e. The normalized spacial score (nSPS) is 22.6. The van der Waals surface area contributed by atoms with Gasteiger partial charge in [-0.05, 0) is 30.9 Å². The zero-order valence-electron chi connectivity index (χ0n) is 11.6. The van der Waals surface area contributed by atoms with Crippen molar-refractivity contribution in [3.8, 4) is 5.75 Å². The molecule has 20 heavy (non-hydrogen) atoms. The van der Waals surface area contributed by atoms with Gasteiger partial charge in [0.05, 0.1) is 13.2 Å². The van der Waals surface area contributed by atoms with E-state index in [1.54, 1.807) is 0 Å². The van der Waals surface area contributed by atoms with E-state index in [1.165, 1.54) is 36.7 Å². The fraction of sp³-hybridized carbons (Fsp3) is 0.538. The summed E-state index contributed by atoms with van der Waals surface area (Å²) < 4.78 is 31.4. The number of anilines is 1. The summed E-state index contributed by atoms with van der Waals surface area (Å²) in [6.07, 6.45) is 1.01. The molecule has 7 heteroatoms. The highest BCUT2D eigenvalue weighted by Gasteiger charge is 2.32. The first-order valence-corrected chi connectivity index (χ1v) is 7.86. The van der Waals surface area contributed by atoms with Crippen LogP contribution in [0.1, 0.15) is 12.8 Å². The van der Waals surface area contributed by atoms with E-state index in [-0.39, 0.29) is 22.7 Å². The van der Waals surface area contributed by atoms with Gasteiger partial charge in [-0.3, -0.25) is 0 Å². The third-order valence-corrected chi connectivity index (χ3v) is 5.46. The number of benzene rings is 1. The zero-order chi connectivity index (χ0) is 14.9. The van der Waals surface area contributed by atoms with Crippen molar-refractivity contribution in [1.29, 1.82) is 0 Å². The van der Waals surface area contributed by atoms with Crippen LogP contribution in [0.25, 0.3) is 0 Å². The van der Waals surface area contributed by atoms with Crippen LogP contribution in [0.3, 0.4) is 0 Å². The Morgan fingerprint density at radius 1 is 1.45 bits per heavy atom. The summed E-state index contributed by atoms with van der Waals surface area (Å²) in [7, 11) is -0.666. The highest BCUT2D eigenvalue weighted by Crippen LogP contribution is 2.32. The van der Waals surface area contributed by atoms with Crippen LogP contribution in [0.5, 0.6) is 5.75 Å². The number of sulfonamides is 1. The summed E-state index contributed by atoms with van der Waals surface area (Å²) in [5.74, 6) is 0.454.